The van der Waals surface area contributed by atoms with Crippen LogP contribution in [0.3, 0.4) is 0 Å². The number of anilines is 2. The predicted octanol–water partition coefficient (Wildman–Crippen LogP) is 8.11. The van der Waals surface area contributed by atoms with Gasteiger partial charge in [-0.25, -0.2) is 8.78 Å². The predicted molar refractivity (Wildman–Crippen MR) is 152 cm³/mol. The molecule has 0 bridgehead atoms. The van der Waals surface area contributed by atoms with E-state index in [0.29, 0.717) is 31.2 Å². The number of pyridine rings is 1. The molecule has 0 aliphatic heterocycles. The number of halogens is 8. The summed E-state index contributed by atoms with van der Waals surface area (Å²) in [5.41, 5.74) is -1.19. The summed E-state index contributed by atoms with van der Waals surface area (Å²) >= 11 is 0. The van der Waals surface area contributed by atoms with Crippen LogP contribution in [0.25, 0.3) is 11.2 Å². The molecule has 0 unspecified atom stereocenters. The summed E-state index contributed by atoms with van der Waals surface area (Å²) in [4.78, 5) is 35.7. The van der Waals surface area contributed by atoms with Gasteiger partial charge < -0.3 is 20.4 Å². The molecule has 1 aliphatic rings. The van der Waals surface area contributed by atoms with Crippen LogP contribution in [0.1, 0.15) is 79.8 Å². The minimum absolute atomic E-state index is 0.0215. The highest BCUT2D eigenvalue weighted by atomic mass is 19.4. The molecule has 2 heterocycles. The summed E-state index contributed by atoms with van der Waals surface area (Å²) < 4.78 is 111. The molecule has 16 heteroatoms. The molecule has 0 radical (unpaired) electrons. The van der Waals surface area contributed by atoms with Crippen molar-refractivity contribution in [3.8, 4) is 5.88 Å². The van der Waals surface area contributed by atoms with Gasteiger partial charge in [-0.15, -0.1) is 0 Å². The maximum Gasteiger partial charge on any atom is 0.418 e. The lowest BCUT2D eigenvalue weighted by molar-refractivity contribution is -0.184. The number of ether oxygens (including phenoxy) is 1. The minimum Gasteiger partial charge on any atom is -0.471 e. The van der Waals surface area contributed by atoms with Crippen molar-refractivity contribution in [1.29, 1.82) is 0 Å². The van der Waals surface area contributed by atoms with E-state index < -0.39 is 48.5 Å². The maximum atomic E-state index is 13.8. The number of aromatic amines is 1. The van der Waals surface area contributed by atoms with Crippen molar-refractivity contribution in [2.75, 3.05) is 11.9 Å². The molecular weight excluding hydrogens is 630 g/mol. The van der Waals surface area contributed by atoms with Crippen molar-refractivity contribution < 1.29 is 49.4 Å². The molecule has 0 spiro atoms. The van der Waals surface area contributed by atoms with E-state index in [4.69, 9.17) is 4.74 Å². The molecule has 1 aromatic carbocycles. The van der Waals surface area contributed by atoms with Gasteiger partial charge in [0.2, 0.25) is 17.7 Å². The Labute approximate surface area is 258 Å². The Morgan fingerprint density at radius 2 is 1.76 bits per heavy atom. The number of H-pyrrole nitrogens is 1. The Morgan fingerprint density at radius 3 is 2.39 bits per heavy atom. The van der Waals surface area contributed by atoms with Crippen LogP contribution in [0, 0.1) is 11.8 Å². The Balaban J connectivity index is 1.52. The molecule has 3 N–H and O–H groups in total. The van der Waals surface area contributed by atoms with Crippen LogP contribution >= 0.6 is 0 Å². The molecule has 2 aromatic heterocycles. The number of rotatable bonds is 13. The molecule has 4 rings (SSSR count). The number of carbonyl (C=O) groups is 2. The third kappa shape index (κ3) is 9.28. The number of nitrogens with zero attached hydrogens (tertiary/aromatic N) is 2. The molecule has 1 amide bonds. The van der Waals surface area contributed by atoms with Gasteiger partial charge in [0, 0.05) is 19.4 Å². The second-order valence-corrected chi connectivity index (χ2v) is 11.2. The van der Waals surface area contributed by atoms with Crippen molar-refractivity contribution in [2.24, 2.45) is 11.8 Å². The van der Waals surface area contributed by atoms with Gasteiger partial charge in [0.25, 0.3) is 6.43 Å². The average Bonchev–Trinajstić information content (AvgIpc) is 3.38. The van der Waals surface area contributed by atoms with Crippen LogP contribution < -0.4 is 15.4 Å². The van der Waals surface area contributed by atoms with Gasteiger partial charge in [-0.3, -0.25) is 9.59 Å². The first-order valence-corrected chi connectivity index (χ1v) is 14.8. The van der Waals surface area contributed by atoms with Crippen molar-refractivity contribution in [3.63, 3.8) is 0 Å². The monoisotopic (exact) mass is 663 g/mol. The van der Waals surface area contributed by atoms with Crippen LogP contribution in [0.4, 0.5) is 46.8 Å². The SMILES string of the molecule is CCC(=O)NCc1ccc(C(F)(F)F)c(Nc2nc3nc(OCC(F)F)c(C(=O)CCCC4CCC(C(F)(F)F)CC4)cc3[nH]2)c1. The van der Waals surface area contributed by atoms with E-state index in [1.165, 1.54) is 18.2 Å². The summed E-state index contributed by atoms with van der Waals surface area (Å²) in [6, 6.07) is 4.54. The number of aromatic nitrogens is 3. The molecule has 46 heavy (non-hydrogen) atoms. The molecule has 0 saturated heterocycles. The second-order valence-electron chi connectivity index (χ2n) is 11.2. The topological polar surface area (TPSA) is 109 Å². The lowest BCUT2D eigenvalue weighted by Crippen LogP contribution is -2.27. The van der Waals surface area contributed by atoms with Crippen LogP contribution in [0.2, 0.25) is 0 Å². The maximum absolute atomic E-state index is 13.8. The molecule has 3 aromatic rings. The number of ketones is 1. The first kappa shape index (κ1) is 34.9. The Bertz CT molecular complexity index is 1510. The summed E-state index contributed by atoms with van der Waals surface area (Å²) in [5, 5.41) is 5.14. The number of alkyl halides is 8. The highest BCUT2D eigenvalue weighted by molar-refractivity contribution is 6.00. The number of carbonyl (C=O) groups excluding carboxylic acids is 2. The number of benzene rings is 1. The fraction of sp³-hybridized carbons (Fsp3) is 0.533. The molecule has 1 aliphatic carbocycles. The van der Waals surface area contributed by atoms with Gasteiger partial charge in [0.15, 0.2) is 18.0 Å². The number of Topliss-reactive ketones (excluding diaryl/α,β-unsaturated/α-hetero) is 1. The largest absolute Gasteiger partial charge is 0.471 e. The number of nitrogens with one attached hydrogen (secondary N) is 3. The second kappa shape index (κ2) is 14.6. The van der Waals surface area contributed by atoms with E-state index in [1.807, 2.05) is 0 Å². The Kier molecular flexibility index (Phi) is 11.1. The molecule has 8 nitrogen and oxygen atoms in total. The van der Waals surface area contributed by atoms with Crippen molar-refractivity contribution in [1.82, 2.24) is 20.3 Å². The van der Waals surface area contributed by atoms with Gasteiger partial charge in [-0.2, -0.15) is 36.3 Å². The fourth-order valence-corrected chi connectivity index (χ4v) is 5.41. The highest BCUT2D eigenvalue weighted by Gasteiger charge is 2.41. The summed E-state index contributed by atoms with van der Waals surface area (Å²) in [7, 11) is 0. The van der Waals surface area contributed by atoms with Gasteiger partial charge >= 0.3 is 12.4 Å². The first-order chi connectivity index (χ1) is 21.6. The zero-order valence-electron chi connectivity index (χ0n) is 24.8. The first-order valence-electron chi connectivity index (χ1n) is 14.8. The smallest absolute Gasteiger partial charge is 0.418 e. The number of imidazole rings is 1. The highest BCUT2D eigenvalue weighted by Crippen LogP contribution is 2.41. The normalized spacial score (nSPS) is 17.3. The zero-order chi connectivity index (χ0) is 33.6. The lowest BCUT2D eigenvalue weighted by atomic mass is 9.79. The Hall–Kier alpha value is -3.98. The number of amides is 1. The molecule has 0 atom stereocenters. The van der Waals surface area contributed by atoms with Crippen LogP contribution in [-0.4, -0.2) is 45.9 Å². The van der Waals surface area contributed by atoms with Crippen LogP contribution in [0.15, 0.2) is 24.3 Å². The van der Waals surface area contributed by atoms with E-state index in [0.717, 1.165) is 6.07 Å². The molecule has 1 fully saturated rings. The molecular formula is C30H33F8N5O3. The number of hydrogen-bond acceptors (Lipinski definition) is 6. The molecule has 252 valence electrons. The number of fused-ring (bicyclic) bond motifs is 1. The minimum atomic E-state index is -4.74. The van der Waals surface area contributed by atoms with E-state index in [-0.39, 0.29) is 72.4 Å². The van der Waals surface area contributed by atoms with E-state index >= 15 is 0 Å². The van der Waals surface area contributed by atoms with E-state index in [9.17, 15) is 44.7 Å². The van der Waals surface area contributed by atoms with E-state index in [1.54, 1.807) is 6.92 Å². The quantitative estimate of drug-likeness (QED) is 0.126. The average molecular weight is 664 g/mol. The van der Waals surface area contributed by atoms with Gasteiger partial charge in [-0.1, -0.05) is 19.4 Å². The van der Waals surface area contributed by atoms with Crippen molar-refractivity contribution in [3.05, 3.63) is 41.0 Å². The fourth-order valence-electron chi connectivity index (χ4n) is 5.41. The van der Waals surface area contributed by atoms with E-state index in [2.05, 4.69) is 25.6 Å². The van der Waals surface area contributed by atoms with Crippen molar-refractivity contribution >= 4 is 34.5 Å². The van der Waals surface area contributed by atoms with Crippen LogP contribution in [0.5, 0.6) is 5.88 Å². The van der Waals surface area contributed by atoms with Gasteiger partial charge in [-0.05, 0) is 61.8 Å². The summed E-state index contributed by atoms with van der Waals surface area (Å²) in [6.45, 7) is 0.531. The third-order valence-corrected chi connectivity index (χ3v) is 7.86. The zero-order valence-corrected chi connectivity index (χ0v) is 24.8. The Morgan fingerprint density at radius 1 is 1.04 bits per heavy atom. The van der Waals surface area contributed by atoms with Gasteiger partial charge in [0.1, 0.15) is 0 Å². The molecule has 1 saturated carbocycles. The third-order valence-electron chi connectivity index (χ3n) is 7.86. The van der Waals surface area contributed by atoms with Crippen LogP contribution in [-0.2, 0) is 17.5 Å². The standard InChI is InChI=1S/C30H33F8N5O3/c1-2-25(45)39-14-17-8-11-20(30(36,37)38)21(12-17)40-28-41-22-13-19(27(42-26(22)43-28)46-15-24(31)32)23(44)5-3-4-16-6-9-18(10-7-16)29(33,34)35/h8,11-13,16,18,24H,2-7,9-10,14-15H2,1H3,(H,39,45)(H2,40,41,42,43). The lowest BCUT2D eigenvalue weighted by Gasteiger charge is -2.29. The summed E-state index contributed by atoms with van der Waals surface area (Å²) in [6.07, 6.45) is -9.99. The van der Waals surface area contributed by atoms with Crippen molar-refractivity contribution in [2.45, 2.75) is 83.6 Å². The number of hydrogen-bond donors (Lipinski definition) is 3. The summed E-state index contributed by atoms with van der Waals surface area (Å²) in [5.74, 6) is -2.70. The van der Waals surface area contributed by atoms with Gasteiger partial charge in [0.05, 0.1) is 28.2 Å².